The molecule has 1 fully saturated rings. The Morgan fingerprint density at radius 2 is 2.05 bits per heavy atom. The molecule has 2 amide bonds. The Labute approximate surface area is 224 Å². The molecular formula is C26H26Cl2N6O3. The Kier molecular flexibility index (Phi) is 8.54. The van der Waals surface area contributed by atoms with Crippen LogP contribution in [0.3, 0.4) is 0 Å². The van der Waals surface area contributed by atoms with Crippen LogP contribution in [-0.2, 0) is 16.1 Å². The minimum absolute atomic E-state index is 0.0962. The van der Waals surface area contributed by atoms with E-state index in [0.717, 1.165) is 35.1 Å². The van der Waals surface area contributed by atoms with E-state index >= 15 is 0 Å². The summed E-state index contributed by atoms with van der Waals surface area (Å²) in [6.45, 7) is 2.44. The van der Waals surface area contributed by atoms with E-state index in [4.69, 9.17) is 27.6 Å². The predicted octanol–water partition coefficient (Wildman–Crippen LogP) is 4.58. The molecule has 11 heteroatoms. The highest BCUT2D eigenvalue weighted by Gasteiger charge is 2.28. The van der Waals surface area contributed by atoms with Crippen LogP contribution in [0.2, 0.25) is 10.0 Å². The number of likely N-dealkylation sites (tertiary alicyclic amines) is 1. The van der Waals surface area contributed by atoms with Crippen molar-refractivity contribution in [2.24, 2.45) is 4.99 Å². The molecule has 0 saturated carbocycles. The minimum Gasteiger partial charge on any atom is -0.461 e. The third-order valence-corrected chi connectivity index (χ3v) is 6.53. The second kappa shape index (κ2) is 12.0. The molecule has 0 spiro atoms. The average molecular weight is 541 g/mol. The number of guanidine groups is 1. The number of amides is 2. The van der Waals surface area contributed by atoms with E-state index in [1.54, 1.807) is 24.3 Å². The fourth-order valence-corrected chi connectivity index (χ4v) is 4.62. The first kappa shape index (κ1) is 26.3. The molecule has 1 aromatic heterocycles. The molecule has 37 heavy (non-hydrogen) atoms. The highest BCUT2D eigenvalue weighted by atomic mass is 35.5. The maximum absolute atomic E-state index is 13.3. The van der Waals surface area contributed by atoms with Gasteiger partial charge in [0.25, 0.3) is 0 Å². The van der Waals surface area contributed by atoms with Gasteiger partial charge in [-0.05, 0) is 68.1 Å². The number of aliphatic imine (C=N–C) groups is 1. The van der Waals surface area contributed by atoms with Crippen LogP contribution in [0.4, 0.5) is 5.69 Å². The number of rotatable bonds is 6. The van der Waals surface area contributed by atoms with E-state index in [0.29, 0.717) is 28.7 Å². The number of furan rings is 1. The Bertz CT molecular complexity index is 1380. The fourth-order valence-electron chi connectivity index (χ4n) is 4.14. The first-order chi connectivity index (χ1) is 17.8. The van der Waals surface area contributed by atoms with Crippen molar-refractivity contribution in [2.75, 3.05) is 18.4 Å². The zero-order valence-corrected chi connectivity index (χ0v) is 21.7. The summed E-state index contributed by atoms with van der Waals surface area (Å²) in [6.07, 6.45) is 3.88. The summed E-state index contributed by atoms with van der Waals surface area (Å²) in [7, 11) is 0. The summed E-state index contributed by atoms with van der Waals surface area (Å²) in [5.74, 6) is 0.378. The molecule has 1 unspecified atom stereocenters. The third kappa shape index (κ3) is 6.94. The van der Waals surface area contributed by atoms with E-state index in [-0.39, 0.29) is 30.9 Å². The van der Waals surface area contributed by atoms with E-state index in [1.165, 1.54) is 4.90 Å². The highest BCUT2D eigenvalue weighted by Crippen LogP contribution is 2.23. The van der Waals surface area contributed by atoms with Crippen LogP contribution in [0.25, 0.3) is 11.0 Å². The molecule has 2 heterocycles. The Morgan fingerprint density at radius 3 is 2.84 bits per heavy atom. The molecule has 4 rings (SSSR count). The molecule has 0 bridgehead atoms. The van der Waals surface area contributed by atoms with Gasteiger partial charge in [-0.2, -0.15) is 5.26 Å². The second-order valence-electron chi connectivity index (χ2n) is 8.73. The number of nitriles is 1. The molecule has 0 radical (unpaired) electrons. The Balaban J connectivity index is 1.42. The summed E-state index contributed by atoms with van der Waals surface area (Å²) in [5, 5.41) is 19.5. The number of anilines is 1. The third-order valence-electron chi connectivity index (χ3n) is 5.94. The summed E-state index contributed by atoms with van der Waals surface area (Å²) in [4.78, 5) is 31.9. The first-order valence-corrected chi connectivity index (χ1v) is 12.6. The molecule has 192 valence electrons. The lowest BCUT2D eigenvalue weighted by atomic mass is 10.1. The van der Waals surface area contributed by atoms with Gasteiger partial charge in [0.15, 0.2) is 6.19 Å². The summed E-state index contributed by atoms with van der Waals surface area (Å²) < 4.78 is 5.60. The fraction of sp³-hybridized carbons (Fsp3) is 0.308. The molecule has 1 aliphatic heterocycles. The highest BCUT2D eigenvalue weighted by molar-refractivity contribution is 6.35. The van der Waals surface area contributed by atoms with Crippen molar-refractivity contribution in [3.63, 3.8) is 0 Å². The summed E-state index contributed by atoms with van der Waals surface area (Å²) in [6, 6.07) is 11.7. The zero-order valence-electron chi connectivity index (χ0n) is 20.2. The smallest absolute Gasteiger partial charge is 0.247 e. The van der Waals surface area contributed by atoms with E-state index in [2.05, 4.69) is 20.9 Å². The van der Waals surface area contributed by atoms with Crippen LogP contribution in [0.1, 0.15) is 30.6 Å². The molecule has 9 nitrogen and oxygen atoms in total. The number of nitrogens with one attached hydrogen (secondary N) is 3. The molecule has 3 N–H and O–H groups in total. The van der Waals surface area contributed by atoms with Gasteiger partial charge in [0.05, 0.1) is 6.54 Å². The normalized spacial score (nSPS) is 16.3. The number of carbonyl (C=O) groups is 2. The molecule has 1 saturated heterocycles. The van der Waals surface area contributed by atoms with Crippen LogP contribution < -0.4 is 16.0 Å². The standard InChI is InChI=1S/C26H26Cl2N6O3/c1-16-10-18-11-20(7-8-23(18)37-16)32-26(31-15-29)33-22-4-2-3-9-34(25(22)36)14-24(35)30-13-17-5-6-19(27)12-21(17)28/h5-8,10-12,22H,2-4,9,13-14H2,1H3,(H,30,35)(H2,31,32,33). The lowest BCUT2D eigenvalue weighted by molar-refractivity contribution is -0.136. The maximum Gasteiger partial charge on any atom is 0.247 e. The van der Waals surface area contributed by atoms with Crippen LogP contribution in [-0.4, -0.2) is 41.8 Å². The van der Waals surface area contributed by atoms with Crippen molar-refractivity contribution >= 4 is 57.6 Å². The van der Waals surface area contributed by atoms with Gasteiger partial charge in [0.2, 0.25) is 17.8 Å². The molecule has 1 atom stereocenters. The molecule has 3 aromatic rings. The number of carbonyl (C=O) groups excluding carboxylic acids is 2. The number of aryl methyl sites for hydroxylation is 1. The number of benzene rings is 2. The van der Waals surface area contributed by atoms with Gasteiger partial charge in [0.1, 0.15) is 17.4 Å². The number of nitrogens with zero attached hydrogens (tertiary/aromatic N) is 3. The van der Waals surface area contributed by atoms with Gasteiger partial charge in [-0.25, -0.2) is 4.99 Å². The number of halogens is 2. The van der Waals surface area contributed by atoms with E-state index < -0.39 is 6.04 Å². The van der Waals surface area contributed by atoms with Gasteiger partial charge in [-0.3, -0.25) is 14.9 Å². The van der Waals surface area contributed by atoms with Gasteiger partial charge in [0, 0.05) is 34.2 Å². The Morgan fingerprint density at radius 1 is 1.22 bits per heavy atom. The SMILES string of the molecule is Cc1cc2cc(NC(=NC3CCCCN(CC(=O)NCc4ccc(Cl)cc4Cl)C3=O)NC#N)ccc2o1. The maximum atomic E-state index is 13.3. The van der Waals surface area contributed by atoms with E-state index in [9.17, 15) is 14.9 Å². The van der Waals surface area contributed by atoms with Crippen LogP contribution >= 0.6 is 23.2 Å². The van der Waals surface area contributed by atoms with Crippen molar-refractivity contribution in [3.05, 3.63) is 63.8 Å². The summed E-state index contributed by atoms with van der Waals surface area (Å²) in [5.41, 5.74) is 2.17. The van der Waals surface area contributed by atoms with Crippen molar-refractivity contribution in [3.8, 4) is 6.19 Å². The van der Waals surface area contributed by atoms with Crippen LogP contribution in [0.5, 0.6) is 0 Å². The molecule has 0 aliphatic carbocycles. The number of hydrogen-bond acceptors (Lipinski definition) is 5. The van der Waals surface area contributed by atoms with E-state index in [1.807, 2.05) is 31.3 Å². The predicted molar refractivity (Wildman–Crippen MR) is 143 cm³/mol. The molecule has 2 aromatic carbocycles. The minimum atomic E-state index is -0.732. The van der Waals surface area contributed by atoms with Gasteiger partial charge in [-0.1, -0.05) is 29.3 Å². The Hall–Kier alpha value is -3.74. The van der Waals surface area contributed by atoms with Crippen molar-refractivity contribution in [2.45, 2.75) is 38.8 Å². The van der Waals surface area contributed by atoms with Crippen molar-refractivity contribution < 1.29 is 14.0 Å². The van der Waals surface area contributed by atoms with Gasteiger partial charge < -0.3 is 20.0 Å². The topological polar surface area (TPSA) is 123 Å². The van der Waals surface area contributed by atoms with Crippen molar-refractivity contribution in [1.29, 1.82) is 5.26 Å². The van der Waals surface area contributed by atoms with Crippen molar-refractivity contribution in [1.82, 2.24) is 15.5 Å². The number of fused-ring (bicyclic) bond motifs is 1. The molecule has 1 aliphatic rings. The lowest BCUT2D eigenvalue weighted by Crippen LogP contribution is -2.44. The second-order valence-corrected chi connectivity index (χ2v) is 9.58. The quantitative estimate of drug-likeness (QED) is 0.182. The largest absolute Gasteiger partial charge is 0.461 e. The summed E-state index contributed by atoms with van der Waals surface area (Å²) >= 11 is 12.1. The number of hydrogen-bond donors (Lipinski definition) is 3. The van der Waals surface area contributed by atoms with Crippen LogP contribution in [0.15, 0.2) is 51.9 Å². The van der Waals surface area contributed by atoms with Gasteiger partial charge >= 0.3 is 0 Å². The first-order valence-electron chi connectivity index (χ1n) is 11.8. The van der Waals surface area contributed by atoms with Crippen LogP contribution in [0, 0.1) is 18.4 Å². The zero-order chi connectivity index (χ0) is 26.4. The average Bonchev–Trinajstić information content (AvgIpc) is 3.14. The monoisotopic (exact) mass is 540 g/mol. The molecular weight excluding hydrogens is 515 g/mol. The van der Waals surface area contributed by atoms with Gasteiger partial charge in [-0.15, -0.1) is 0 Å². The lowest BCUT2D eigenvalue weighted by Gasteiger charge is -2.23.